The van der Waals surface area contributed by atoms with Gasteiger partial charge in [0.15, 0.2) is 0 Å². The van der Waals surface area contributed by atoms with Gasteiger partial charge in [0.25, 0.3) is 0 Å². The second-order valence-corrected chi connectivity index (χ2v) is 8.44. The molecule has 2 fully saturated rings. The molecule has 2 saturated heterocycles. The molecule has 2 aliphatic heterocycles. The van der Waals surface area contributed by atoms with Crippen molar-refractivity contribution in [3.63, 3.8) is 0 Å². The Morgan fingerprint density at radius 1 is 1.03 bits per heavy atom. The third kappa shape index (κ3) is 3.68. The number of rotatable bonds is 5. The first-order valence-corrected chi connectivity index (χ1v) is 10.9. The third-order valence-electron chi connectivity index (χ3n) is 6.58. The summed E-state index contributed by atoms with van der Waals surface area (Å²) in [6, 6.07) is 16.8. The molecule has 0 saturated carbocycles. The van der Waals surface area contributed by atoms with Crippen molar-refractivity contribution in [2.24, 2.45) is 0 Å². The van der Waals surface area contributed by atoms with Crippen molar-refractivity contribution in [2.45, 2.75) is 37.6 Å². The van der Waals surface area contributed by atoms with Crippen molar-refractivity contribution >= 4 is 23.6 Å². The predicted molar refractivity (Wildman–Crippen MR) is 119 cm³/mol. The number of hydrogen-bond donors (Lipinski definition) is 1. The Morgan fingerprint density at radius 3 is 2.28 bits per heavy atom. The highest BCUT2D eigenvalue weighted by atomic mass is 16.2. The van der Waals surface area contributed by atoms with Gasteiger partial charge in [-0.1, -0.05) is 61.5 Å². The second kappa shape index (κ2) is 8.57. The molecule has 4 rings (SSSR count). The molecule has 0 spiro atoms. The summed E-state index contributed by atoms with van der Waals surface area (Å²) in [7, 11) is 1.46. The van der Waals surface area contributed by atoms with Gasteiger partial charge in [-0.2, -0.15) is 0 Å². The van der Waals surface area contributed by atoms with Crippen molar-refractivity contribution in [1.82, 2.24) is 15.1 Å². The van der Waals surface area contributed by atoms with E-state index in [0.29, 0.717) is 25.1 Å². The van der Waals surface area contributed by atoms with Gasteiger partial charge >= 0.3 is 0 Å². The number of nitrogens with one attached hydrogen (secondary N) is 1. The summed E-state index contributed by atoms with van der Waals surface area (Å²) in [5.74, 6) is -1.15. The molecule has 2 aliphatic rings. The van der Waals surface area contributed by atoms with Gasteiger partial charge in [0.05, 0.1) is 5.41 Å². The lowest BCUT2D eigenvalue weighted by Crippen LogP contribution is -2.58. The molecule has 0 bridgehead atoms. The van der Waals surface area contributed by atoms with Crippen LogP contribution in [0.5, 0.6) is 0 Å². The molecule has 7 heteroatoms. The van der Waals surface area contributed by atoms with Crippen molar-refractivity contribution < 1.29 is 19.2 Å². The van der Waals surface area contributed by atoms with E-state index in [1.807, 2.05) is 61.5 Å². The molecule has 166 valence electrons. The Kier molecular flexibility index (Phi) is 5.82. The Balaban J connectivity index is 1.68. The standard InChI is InChI=1S/C25H27N3O4/c1-3-20-23(31)26-13-14-28(20)22(30)16-25(15-21(29)27(2)24(25)32)19-11-9-18(10-12-19)17-7-5-4-6-8-17/h4-12,20H,3,13-16H2,1-2H3,(H,26,31)/t20-,25+/m1/s1. The third-order valence-corrected chi connectivity index (χ3v) is 6.58. The van der Waals surface area contributed by atoms with Crippen LogP contribution in [0.2, 0.25) is 0 Å². The van der Waals surface area contributed by atoms with Crippen LogP contribution in [0.4, 0.5) is 0 Å². The van der Waals surface area contributed by atoms with E-state index in [2.05, 4.69) is 5.32 Å². The first-order chi connectivity index (χ1) is 15.4. The lowest BCUT2D eigenvalue weighted by molar-refractivity contribution is -0.146. The largest absolute Gasteiger partial charge is 0.353 e. The molecular weight excluding hydrogens is 406 g/mol. The minimum absolute atomic E-state index is 0.0599. The minimum atomic E-state index is -1.26. The van der Waals surface area contributed by atoms with Crippen LogP contribution < -0.4 is 5.32 Å². The summed E-state index contributed by atoms with van der Waals surface area (Å²) in [6.45, 7) is 2.63. The molecule has 2 atom stereocenters. The zero-order chi connectivity index (χ0) is 22.9. The lowest BCUT2D eigenvalue weighted by Gasteiger charge is -2.37. The van der Waals surface area contributed by atoms with E-state index in [0.717, 1.165) is 16.0 Å². The van der Waals surface area contributed by atoms with E-state index in [4.69, 9.17) is 0 Å². The van der Waals surface area contributed by atoms with Crippen LogP contribution in [0.1, 0.15) is 31.7 Å². The molecule has 7 nitrogen and oxygen atoms in total. The zero-order valence-electron chi connectivity index (χ0n) is 18.3. The number of imide groups is 1. The number of likely N-dealkylation sites (N-methyl/N-ethyl adjacent to an activating group) is 1. The maximum Gasteiger partial charge on any atom is 0.242 e. The fourth-order valence-corrected chi connectivity index (χ4v) is 4.74. The fraction of sp³-hybridized carbons (Fsp3) is 0.360. The van der Waals surface area contributed by atoms with Gasteiger partial charge in [0, 0.05) is 33.0 Å². The lowest BCUT2D eigenvalue weighted by atomic mass is 9.75. The number of carbonyl (C=O) groups is 4. The van der Waals surface area contributed by atoms with Crippen LogP contribution in [0, 0.1) is 0 Å². The Hall–Kier alpha value is -3.48. The average Bonchev–Trinajstić information content (AvgIpc) is 3.03. The van der Waals surface area contributed by atoms with E-state index in [-0.39, 0.29) is 36.5 Å². The quantitative estimate of drug-likeness (QED) is 0.732. The first kappa shape index (κ1) is 21.7. The molecule has 32 heavy (non-hydrogen) atoms. The van der Waals surface area contributed by atoms with Crippen molar-refractivity contribution in [3.05, 3.63) is 60.2 Å². The van der Waals surface area contributed by atoms with Crippen molar-refractivity contribution in [2.75, 3.05) is 20.1 Å². The first-order valence-electron chi connectivity index (χ1n) is 10.9. The highest BCUT2D eigenvalue weighted by Crippen LogP contribution is 2.40. The number of nitrogens with zero attached hydrogens (tertiary/aromatic N) is 2. The number of piperazine rings is 1. The molecular formula is C25H27N3O4. The van der Waals surface area contributed by atoms with Crippen molar-refractivity contribution in [3.8, 4) is 11.1 Å². The van der Waals surface area contributed by atoms with E-state index in [1.54, 1.807) is 4.90 Å². The molecule has 2 aromatic carbocycles. The van der Waals surface area contributed by atoms with Crippen LogP contribution in [0.25, 0.3) is 11.1 Å². The van der Waals surface area contributed by atoms with Gasteiger partial charge in [-0.05, 0) is 23.1 Å². The summed E-state index contributed by atoms with van der Waals surface area (Å²) in [5, 5.41) is 2.79. The number of carbonyl (C=O) groups excluding carboxylic acids is 4. The van der Waals surface area contributed by atoms with Gasteiger partial charge in [-0.3, -0.25) is 24.1 Å². The molecule has 1 N–H and O–H groups in total. The van der Waals surface area contributed by atoms with Gasteiger partial charge in [-0.25, -0.2) is 0 Å². The van der Waals surface area contributed by atoms with Gasteiger partial charge in [0.2, 0.25) is 23.6 Å². The number of benzene rings is 2. The molecule has 4 amide bonds. The molecule has 0 aliphatic carbocycles. The Bertz CT molecular complexity index is 1050. The Labute approximate surface area is 187 Å². The van der Waals surface area contributed by atoms with E-state index >= 15 is 0 Å². The van der Waals surface area contributed by atoms with Gasteiger partial charge < -0.3 is 10.2 Å². The van der Waals surface area contributed by atoms with Crippen LogP contribution in [0.3, 0.4) is 0 Å². The topological polar surface area (TPSA) is 86.8 Å². The van der Waals surface area contributed by atoms with E-state index < -0.39 is 11.5 Å². The van der Waals surface area contributed by atoms with E-state index in [9.17, 15) is 19.2 Å². The molecule has 2 aromatic rings. The summed E-state index contributed by atoms with van der Waals surface area (Å²) in [4.78, 5) is 54.0. The van der Waals surface area contributed by atoms with E-state index in [1.165, 1.54) is 7.05 Å². The summed E-state index contributed by atoms with van der Waals surface area (Å²) < 4.78 is 0. The second-order valence-electron chi connectivity index (χ2n) is 8.44. The van der Waals surface area contributed by atoms with Gasteiger partial charge in [0.1, 0.15) is 6.04 Å². The molecule has 0 aromatic heterocycles. The maximum atomic E-state index is 13.4. The number of likely N-dealkylation sites (tertiary alicyclic amines) is 1. The SMILES string of the molecule is CC[C@@H]1C(=O)NCCN1C(=O)C[C@]1(c2ccc(-c3ccccc3)cc2)CC(=O)N(C)C1=O. The van der Waals surface area contributed by atoms with Crippen LogP contribution in [-0.2, 0) is 24.6 Å². The zero-order valence-corrected chi connectivity index (χ0v) is 18.3. The normalized spacial score (nSPS) is 23.4. The number of amides is 4. The predicted octanol–water partition coefficient (Wildman–Crippen LogP) is 2.11. The minimum Gasteiger partial charge on any atom is -0.353 e. The molecule has 2 heterocycles. The Morgan fingerprint density at radius 2 is 1.69 bits per heavy atom. The average molecular weight is 434 g/mol. The highest BCUT2D eigenvalue weighted by Gasteiger charge is 2.53. The smallest absolute Gasteiger partial charge is 0.242 e. The van der Waals surface area contributed by atoms with Crippen molar-refractivity contribution in [1.29, 1.82) is 0 Å². The fourth-order valence-electron chi connectivity index (χ4n) is 4.74. The van der Waals surface area contributed by atoms with Crippen LogP contribution >= 0.6 is 0 Å². The molecule has 0 unspecified atom stereocenters. The van der Waals surface area contributed by atoms with Crippen LogP contribution in [-0.4, -0.2) is 59.6 Å². The van der Waals surface area contributed by atoms with Gasteiger partial charge in [-0.15, -0.1) is 0 Å². The summed E-state index contributed by atoms with van der Waals surface area (Å²) in [6.07, 6.45) is 0.287. The highest BCUT2D eigenvalue weighted by molar-refractivity contribution is 6.10. The molecule has 0 radical (unpaired) electrons. The summed E-state index contributed by atoms with van der Waals surface area (Å²) >= 11 is 0. The maximum absolute atomic E-state index is 13.4. The van der Waals surface area contributed by atoms with Crippen LogP contribution in [0.15, 0.2) is 54.6 Å². The summed E-state index contributed by atoms with van der Waals surface area (Å²) in [5.41, 5.74) is 1.41. The number of hydrogen-bond acceptors (Lipinski definition) is 4. The monoisotopic (exact) mass is 433 g/mol.